The Bertz CT molecular complexity index is 856. The molecule has 1 aliphatic rings. The fourth-order valence-electron chi connectivity index (χ4n) is 3.04. The number of amides is 1. The van der Waals surface area contributed by atoms with Gasteiger partial charge in [-0.25, -0.2) is 5.43 Å². The number of nitro groups is 1. The van der Waals surface area contributed by atoms with Gasteiger partial charge < -0.3 is 4.42 Å². The van der Waals surface area contributed by atoms with Crippen LogP contribution in [0.4, 0.5) is 5.69 Å². The summed E-state index contributed by atoms with van der Waals surface area (Å²) in [6.07, 6.45) is 8.64. The van der Waals surface area contributed by atoms with E-state index in [9.17, 15) is 14.9 Å². The van der Waals surface area contributed by atoms with E-state index >= 15 is 0 Å². The maximum Gasteiger partial charge on any atom is 0.307 e. The predicted molar refractivity (Wildman–Crippen MR) is 104 cm³/mol. The van der Waals surface area contributed by atoms with Crippen molar-refractivity contribution in [3.05, 3.63) is 57.5 Å². The van der Waals surface area contributed by atoms with Crippen LogP contribution in [0.15, 0.2) is 44.9 Å². The van der Waals surface area contributed by atoms with Crippen LogP contribution in [0.25, 0.3) is 0 Å². The van der Waals surface area contributed by atoms with Gasteiger partial charge in [-0.05, 0) is 31.9 Å². The molecule has 1 saturated carbocycles. The van der Waals surface area contributed by atoms with Gasteiger partial charge in [-0.3, -0.25) is 14.9 Å². The number of carbonyl (C=O) groups excluding carboxylic acids is 1. The SMILES string of the molecule is Cc1ccoc1C(=O)NN=Cc1ccc(SC2CCCCC2)c([N+](=O)[O-])c1. The van der Waals surface area contributed by atoms with E-state index in [1.165, 1.54) is 37.8 Å². The van der Waals surface area contributed by atoms with E-state index in [1.54, 1.807) is 36.9 Å². The zero-order valence-corrected chi connectivity index (χ0v) is 15.8. The first-order valence-corrected chi connectivity index (χ1v) is 9.75. The number of furan rings is 1. The third-order valence-electron chi connectivity index (χ3n) is 4.47. The monoisotopic (exact) mass is 387 g/mol. The van der Waals surface area contributed by atoms with Crippen molar-refractivity contribution in [1.82, 2.24) is 5.43 Å². The molecule has 1 heterocycles. The Morgan fingerprint density at radius 1 is 1.33 bits per heavy atom. The largest absolute Gasteiger partial charge is 0.459 e. The van der Waals surface area contributed by atoms with Gasteiger partial charge in [0.25, 0.3) is 5.69 Å². The van der Waals surface area contributed by atoms with Gasteiger partial charge in [0.15, 0.2) is 5.76 Å². The molecule has 2 aromatic rings. The highest BCUT2D eigenvalue weighted by Gasteiger charge is 2.21. The predicted octanol–water partition coefficient (Wildman–Crippen LogP) is 4.68. The molecule has 0 unspecified atom stereocenters. The number of hydrogen-bond donors (Lipinski definition) is 1. The van der Waals surface area contributed by atoms with Gasteiger partial charge in [0.1, 0.15) is 0 Å². The molecule has 142 valence electrons. The second kappa shape index (κ2) is 8.85. The van der Waals surface area contributed by atoms with Crippen LogP contribution in [0.1, 0.15) is 53.8 Å². The Morgan fingerprint density at radius 3 is 2.78 bits per heavy atom. The fraction of sp³-hybridized carbons (Fsp3) is 0.368. The minimum absolute atomic E-state index is 0.0720. The molecule has 1 aromatic heterocycles. The van der Waals surface area contributed by atoms with E-state index in [4.69, 9.17) is 4.42 Å². The summed E-state index contributed by atoms with van der Waals surface area (Å²) < 4.78 is 5.09. The maximum absolute atomic E-state index is 11.9. The lowest BCUT2D eigenvalue weighted by atomic mass is 10.0. The first-order chi connectivity index (χ1) is 13.0. The number of aryl methyl sites for hydroxylation is 1. The van der Waals surface area contributed by atoms with E-state index in [0.717, 1.165) is 12.8 Å². The Hall–Kier alpha value is -2.61. The summed E-state index contributed by atoms with van der Waals surface area (Å²) in [4.78, 5) is 23.7. The van der Waals surface area contributed by atoms with Crippen LogP contribution >= 0.6 is 11.8 Å². The molecule has 0 bridgehead atoms. The number of hydrogen-bond acceptors (Lipinski definition) is 6. The number of thioether (sulfide) groups is 1. The maximum atomic E-state index is 11.9. The average molecular weight is 387 g/mol. The van der Waals surface area contributed by atoms with Crippen molar-refractivity contribution < 1.29 is 14.1 Å². The molecule has 8 heteroatoms. The molecule has 0 spiro atoms. The smallest absolute Gasteiger partial charge is 0.307 e. The molecule has 0 aliphatic heterocycles. The van der Waals surface area contributed by atoms with E-state index < -0.39 is 5.91 Å². The molecule has 1 aliphatic carbocycles. The lowest BCUT2D eigenvalue weighted by Crippen LogP contribution is -2.17. The first kappa shape index (κ1) is 19.2. The van der Waals surface area contributed by atoms with Crippen molar-refractivity contribution in [2.24, 2.45) is 5.10 Å². The minimum Gasteiger partial charge on any atom is -0.459 e. The lowest BCUT2D eigenvalue weighted by molar-refractivity contribution is -0.387. The Kier molecular flexibility index (Phi) is 6.28. The third kappa shape index (κ3) is 4.97. The van der Waals surface area contributed by atoms with Crippen LogP contribution in [0.5, 0.6) is 0 Å². The van der Waals surface area contributed by atoms with Gasteiger partial charge in [-0.2, -0.15) is 5.10 Å². The molecular weight excluding hydrogens is 366 g/mol. The van der Waals surface area contributed by atoms with Crippen molar-refractivity contribution in [2.45, 2.75) is 49.2 Å². The molecular formula is C19H21N3O4S. The molecule has 0 radical (unpaired) electrons. The number of hydrazone groups is 1. The average Bonchev–Trinajstić information content (AvgIpc) is 3.09. The van der Waals surface area contributed by atoms with Crippen molar-refractivity contribution in [1.29, 1.82) is 0 Å². The molecule has 1 N–H and O–H groups in total. The van der Waals surface area contributed by atoms with Gasteiger partial charge in [0.2, 0.25) is 0 Å². The molecule has 0 saturated heterocycles. The number of nitrogens with zero attached hydrogens (tertiary/aromatic N) is 2. The Balaban J connectivity index is 1.68. The van der Waals surface area contributed by atoms with Crippen molar-refractivity contribution in [3.63, 3.8) is 0 Å². The topological polar surface area (TPSA) is 97.7 Å². The summed E-state index contributed by atoms with van der Waals surface area (Å²) in [6, 6.07) is 6.70. The molecule has 1 amide bonds. The van der Waals surface area contributed by atoms with E-state index in [2.05, 4.69) is 10.5 Å². The van der Waals surface area contributed by atoms with Gasteiger partial charge >= 0.3 is 5.91 Å². The summed E-state index contributed by atoms with van der Waals surface area (Å²) in [5, 5.41) is 15.8. The fourth-order valence-corrected chi connectivity index (χ4v) is 4.37. The van der Waals surface area contributed by atoms with Crippen molar-refractivity contribution in [3.8, 4) is 0 Å². The number of nitrogens with one attached hydrogen (secondary N) is 1. The van der Waals surface area contributed by atoms with Crippen LogP contribution in [0, 0.1) is 17.0 Å². The molecule has 0 atom stereocenters. The van der Waals surface area contributed by atoms with Gasteiger partial charge in [-0.15, -0.1) is 11.8 Å². The van der Waals surface area contributed by atoms with Crippen molar-refractivity contribution >= 4 is 29.6 Å². The Morgan fingerprint density at radius 2 is 2.11 bits per heavy atom. The molecule has 1 aromatic carbocycles. The van der Waals surface area contributed by atoms with E-state index in [0.29, 0.717) is 21.3 Å². The molecule has 3 rings (SSSR count). The third-order valence-corrected chi connectivity index (χ3v) is 5.88. The van der Waals surface area contributed by atoms with E-state index in [1.807, 2.05) is 0 Å². The van der Waals surface area contributed by atoms with E-state index in [-0.39, 0.29) is 16.4 Å². The highest BCUT2D eigenvalue weighted by Crippen LogP contribution is 2.38. The summed E-state index contributed by atoms with van der Waals surface area (Å²) in [5.41, 5.74) is 3.69. The molecule has 27 heavy (non-hydrogen) atoms. The summed E-state index contributed by atoms with van der Waals surface area (Å²) in [7, 11) is 0. The number of carbonyl (C=O) groups is 1. The van der Waals surface area contributed by atoms with Gasteiger partial charge in [-0.1, -0.05) is 25.3 Å². The zero-order chi connectivity index (χ0) is 19.2. The minimum atomic E-state index is -0.465. The van der Waals surface area contributed by atoms with Crippen LogP contribution in [0.2, 0.25) is 0 Å². The molecule has 1 fully saturated rings. The summed E-state index contributed by atoms with van der Waals surface area (Å²) in [5.74, 6) is -0.273. The highest BCUT2D eigenvalue weighted by molar-refractivity contribution is 8.00. The number of nitro benzene ring substituents is 1. The zero-order valence-electron chi connectivity index (χ0n) is 15.0. The molecule has 7 nitrogen and oxygen atoms in total. The first-order valence-electron chi connectivity index (χ1n) is 8.87. The lowest BCUT2D eigenvalue weighted by Gasteiger charge is -2.20. The summed E-state index contributed by atoms with van der Waals surface area (Å²) >= 11 is 1.59. The summed E-state index contributed by atoms with van der Waals surface area (Å²) in [6.45, 7) is 1.76. The van der Waals surface area contributed by atoms with Gasteiger partial charge in [0, 0.05) is 22.4 Å². The second-order valence-electron chi connectivity index (χ2n) is 6.49. The van der Waals surface area contributed by atoms with Crippen molar-refractivity contribution in [2.75, 3.05) is 0 Å². The van der Waals surface area contributed by atoms with Crippen LogP contribution in [-0.2, 0) is 0 Å². The highest BCUT2D eigenvalue weighted by atomic mass is 32.2. The van der Waals surface area contributed by atoms with Crippen LogP contribution < -0.4 is 5.43 Å². The normalized spacial score (nSPS) is 15.1. The second-order valence-corrected chi connectivity index (χ2v) is 7.84. The van der Waals surface area contributed by atoms with Gasteiger partial charge in [0.05, 0.1) is 22.3 Å². The number of rotatable bonds is 6. The van der Waals surface area contributed by atoms with Crippen LogP contribution in [-0.4, -0.2) is 22.3 Å². The van der Waals surface area contributed by atoms with Crippen LogP contribution in [0.3, 0.4) is 0 Å². The number of benzene rings is 1. The standard InChI is InChI=1S/C19H21N3O4S/c1-13-9-10-26-18(13)19(23)21-20-12-14-7-8-17(16(11-14)22(24)25)27-15-5-3-2-4-6-15/h7-12,15H,2-6H2,1H3,(H,21,23). The Labute approximate surface area is 161 Å². The quantitative estimate of drug-likeness (QED) is 0.441.